The largest absolute Gasteiger partial charge is 0.497 e. The van der Waals surface area contributed by atoms with Crippen LogP contribution in [0.3, 0.4) is 0 Å². The number of rotatable bonds is 6. The van der Waals surface area contributed by atoms with E-state index in [0.717, 1.165) is 23.6 Å². The highest BCUT2D eigenvalue weighted by Crippen LogP contribution is 2.31. The molecule has 1 heterocycles. The number of methoxy groups -OCH3 is 2. The van der Waals surface area contributed by atoms with Crippen LogP contribution in [0.15, 0.2) is 18.2 Å². The molecule has 1 N–H and O–H groups in total. The van der Waals surface area contributed by atoms with E-state index in [0.29, 0.717) is 18.9 Å². The molecule has 1 aromatic carbocycles. The van der Waals surface area contributed by atoms with Crippen LogP contribution in [0, 0.1) is 5.92 Å². The van der Waals surface area contributed by atoms with Crippen LogP contribution in [-0.2, 0) is 4.79 Å². The molecule has 1 aromatic rings. The molecule has 116 valence electrons. The van der Waals surface area contributed by atoms with E-state index in [1.165, 1.54) is 0 Å². The average molecular weight is 292 g/mol. The van der Waals surface area contributed by atoms with Crippen molar-refractivity contribution in [2.24, 2.45) is 5.92 Å². The molecule has 2 unspecified atom stereocenters. The number of amides is 1. The molecule has 1 aliphatic rings. The van der Waals surface area contributed by atoms with E-state index in [-0.39, 0.29) is 11.9 Å². The van der Waals surface area contributed by atoms with Gasteiger partial charge in [0.15, 0.2) is 0 Å². The van der Waals surface area contributed by atoms with Crippen LogP contribution >= 0.6 is 0 Å². The summed E-state index contributed by atoms with van der Waals surface area (Å²) in [6.07, 6.45) is 0.645. The summed E-state index contributed by atoms with van der Waals surface area (Å²) in [5.41, 5.74) is 1.01. The second kappa shape index (κ2) is 6.80. The van der Waals surface area contributed by atoms with E-state index in [1.807, 2.05) is 30.1 Å². The second-order valence-electron chi connectivity index (χ2n) is 5.56. The van der Waals surface area contributed by atoms with Crippen LogP contribution in [0.5, 0.6) is 11.5 Å². The topological polar surface area (TPSA) is 50.8 Å². The maximum Gasteiger partial charge on any atom is 0.222 e. The smallest absolute Gasteiger partial charge is 0.222 e. The highest BCUT2D eigenvalue weighted by molar-refractivity contribution is 5.78. The van der Waals surface area contributed by atoms with E-state index in [9.17, 15) is 4.79 Å². The SMILES string of the molecule is CNC(CN1CC(C)CC1=O)c1cc(OC)ccc1OC. The molecule has 2 atom stereocenters. The lowest BCUT2D eigenvalue weighted by Gasteiger charge is -2.25. The molecule has 2 rings (SSSR count). The minimum Gasteiger partial charge on any atom is -0.497 e. The summed E-state index contributed by atoms with van der Waals surface area (Å²) < 4.78 is 10.7. The Hall–Kier alpha value is -1.75. The molecule has 1 fully saturated rings. The number of hydrogen-bond acceptors (Lipinski definition) is 4. The van der Waals surface area contributed by atoms with Crippen LogP contribution in [0.2, 0.25) is 0 Å². The van der Waals surface area contributed by atoms with Crippen molar-refractivity contribution in [1.82, 2.24) is 10.2 Å². The van der Waals surface area contributed by atoms with Gasteiger partial charge >= 0.3 is 0 Å². The lowest BCUT2D eigenvalue weighted by molar-refractivity contribution is -0.128. The number of carbonyl (C=O) groups is 1. The van der Waals surface area contributed by atoms with Gasteiger partial charge in [-0.1, -0.05) is 6.92 Å². The fourth-order valence-electron chi connectivity index (χ4n) is 2.82. The zero-order valence-corrected chi connectivity index (χ0v) is 13.2. The maximum atomic E-state index is 12.0. The fraction of sp³-hybridized carbons (Fsp3) is 0.562. The minimum atomic E-state index is 0.0179. The van der Waals surface area contributed by atoms with Crippen LogP contribution in [0.1, 0.15) is 24.9 Å². The van der Waals surface area contributed by atoms with Crippen molar-refractivity contribution >= 4 is 5.91 Å². The molecule has 0 aromatic heterocycles. The highest BCUT2D eigenvalue weighted by atomic mass is 16.5. The number of benzene rings is 1. The summed E-state index contributed by atoms with van der Waals surface area (Å²) in [6.45, 7) is 3.57. The molecule has 1 saturated heterocycles. The van der Waals surface area contributed by atoms with E-state index >= 15 is 0 Å². The van der Waals surface area contributed by atoms with Crippen molar-refractivity contribution in [1.29, 1.82) is 0 Å². The van der Waals surface area contributed by atoms with Crippen molar-refractivity contribution in [2.75, 3.05) is 34.4 Å². The van der Waals surface area contributed by atoms with Gasteiger partial charge in [0, 0.05) is 25.1 Å². The molecule has 0 bridgehead atoms. The number of likely N-dealkylation sites (N-methyl/N-ethyl adjacent to an activating group) is 1. The Morgan fingerprint density at radius 3 is 2.67 bits per heavy atom. The van der Waals surface area contributed by atoms with Crippen LogP contribution in [0.25, 0.3) is 0 Å². The summed E-state index contributed by atoms with van der Waals surface area (Å²) >= 11 is 0. The standard InChI is InChI=1S/C16H24N2O3/c1-11-7-16(19)18(9-11)10-14(17-2)13-8-12(20-3)5-6-15(13)21-4/h5-6,8,11,14,17H,7,9-10H2,1-4H3. The monoisotopic (exact) mass is 292 g/mol. The van der Waals surface area contributed by atoms with Gasteiger partial charge in [-0.05, 0) is 31.2 Å². The first-order valence-electron chi connectivity index (χ1n) is 7.26. The van der Waals surface area contributed by atoms with Gasteiger partial charge in [-0.25, -0.2) is 0 Å². The molecule has 0 spiro atoms. The molecule has 0 aliphatic carbocycles. The molecule has 1 amide bonds. The van der Waals surface area contributed by atoms with Crippen molar-refractivity contribution in [3.8, 4) is 11.5 Å². The van der Waals surface area contributed by atoms with Crippen LogP contribution in [0.4, 0.5) is 0 Å². The first-order chi connectivity index (χ1) is 10.1. The maximum absolute atomic E-state index is 12.0. The normalized spacial score (nSPS) is 19.7. The Bertz CT molecular complexity index is 504. The van der Waals surface area contributed by atoms with Crippen molar-refractivity contribution in [2.45, 2.75) is 19.4 Å². The lowest BCUT2D eigenvalue weighted by atomic mass is 10.0. The number of hydrogen-bond donors (Lipinski definition) is 1. The first kappa shape index (κ1) is 15.6. The van der Waals surface area contributed by atoms with E-state index in [4.69, 9.17) is 9.47 Å². The van der Waals surface area contributed by atoms with E-state index < -0.39 is 0 Å². The molecule has 1 aliphatic heterocycles. The van der Waals surface area contributed by atoms with Crippen molar-refractivity contribution in [3.63, 3.8) is 0 Å². The highest BCUT2D eigenvalue weighted by Gasteiger charge is 2.29. The third-order valence-corrected chi connectivity index (χ3v) is 3.97. The quantitative estimate of drug-likeness (QED) is 0.869. The van der Waals surface area contributed by atoms with Gasteiger partial charge in [-0.15, -0.1) is 0 Å². The molecule has 0 saturated carbocycles. The average Bonchev–Trinajstić information content (AvgIpc) is 2.81. The van der Waals surface area contributed by atoms with Crippen molar-refractivity contribution in [3.05, 3.63) is 23.8 Å². The molecule has 21 heavy (non-hydrogen) atoms. The number of carbonyl (C=O) groups excluding carboxylic acids is 1. The van der Waals surface area contributed by atoms with Crippen LogP contribution < -0.4 is 14.8 Å². The zero-order valence-electron chi connectivity index (χ0n) is 13.2. The summed E-state index contributed by atoms with van der Waals surface area (Å²) in [6, 6.07) is 5.75. The molecular weight excluding hydrogens is 268 g/mol. The summed E-state index contributed by atoms with van der Waals surface area (Å²) in [5, 5.41) is 3.28. The minimum absolute atomic E-state index is 0.0179. The third kappa shape index (κ3) is 3.47. The lowest BCUT2D eigenvalue weighted by Crippen LogP contribution is -2.35. The van der Waals surface area contributed by atoms with Gasteiger partial charge in [0.2, 0.25) is 5.91 Å². The van der Waals surface area contributed by atoms with Gasteiger partial charge < -0.3 is 19.7 Å². The number of nitrogens with one attached hydrogen (secondary N) is 1. The summed E-state index contributed by atoms with van der Waals surface area (Å²) in [5.74, 6) is 2.24. The van der Waals surface area contributed by atoms with Gasteiger partial charge in [0.25, 0.3) is 0 Å². The summed E-state index contributed by atoms with van der Waals surface area (Å²) in [7, 11) is 5.19. The number of likely N-dealkylation sites (tertiary alicyclic amines) is 1. The fourth-order valence-corrected chi connectivity index (χ4v) is 2.82. The van der Waals surface area contributed by atoms with Gasteiger partial charge in [-0.3, -0.25) is 4.79 Å². The molecular formula is C16H24N2O3. The molecule has 0 radical (unpaired) electrons. The Morgan fingerprint density at radius 1 is 1.38 bits per heavy atom. The Kier molecular flexibility index (Phi) is 5.07. The Labute approximate surface area is 126 Å². The van der Waals surface area contributed by atoms with Gasteiger partial charge in [0.05, 0.1) is 20.3 Å². The summed E-state index contributed by atoms with van der Waals surface area (Å²) in [4.78, 5) is 13.9. The van der Waals surface area contributed by atoms with E-state index in [2.05, 4.69) is 12.2 Å². The first-order valence-corrected chi connectivity index (χ1v) is 7.26. The van der Waals surface area contributed by atoms with Gasteiger partial charge in [0.1, 0.15) is 11.5 Å². The van der Waals surface area contributed by atoms with Crippen LogP contribution in [-0.4, -0.2) is 45.2 Å². The zero-order chi connectivity index (χ0) is 15.4. The van der Waals surface area contributed by atoms with E-state index in [1.54, 1.807) is 14.2 Å². The third-order valence-electron chi connectivity index (χ3n) is 3.97. The number of ether oxygens (including phenoxy) is 2. The molecule has 5 nitrogen and oxygen atoms in total. The predicted molar refractivity (Wildman–Crippen MR) is 81.7 cm³/mol. The second-order valence-corrected chi connectivity index (χ2v) is 5.56. The number of nitrogens with zero attached hydrogens (tertiary/aromatic N) is 1. The Balaban J connectivity index is 2.22. The Morgan fingerprint density at radius 2 is 2.14 bits per heavy atom. The predicted octanol–water partition coefficient (Wildman–Crippen LogP) is 1.83. The van der Waals surface area contributed by atoms with Crippen molar-refractivity contribution < 1.29 is 14.3 Å². The molecule has 5 heteroatoms. The van der Waals surface area contributed by atoms with Gasteiger partial charge in [-0.2, -0.15) is 0 Å².